The van der Waals surface area contributed by atoms with Crippen LogP contribution in [-0.2, 0) is 17.2 Å². The molecule has 15 heteroatoms. The number of benzene rings is 2. The predicted octanol–water partition coefficient (Wildman–Crippen LogP) is 8.09. The third kappa shape index (κ3) is 9.82. The molecule has 0 aliphatic carbocycles. The minimum absolute atomic E-state index is 0.0782. The van der Waals surface area contributed by atoms with E-state index in [1.165, 1.54) is 12.4 Å². The fourth-order valence-electron chi connectivity index (χ4n) is 4.76. The van der Waals surface area contributed by atoms with Crippen molar-refractivity contribution in [2.75, 3.05) is 0 Å². The summed E-state index contributed by atoms with van der Waals surface area (Å²) in [5.41, 5.74) is 1.52. The number of rotatable bonds is 16. The van der Waals surface area contributed by atoms with Gasteiger partial charge in [0.1, 0.15) is 9.28 Å². The Labute approximate surface area is 285 Å². The van der Waals surface area contributed by atoms with Crippen LogP contribution in [0.5, 0.6) is 0 Å². The maximum atomic E-state index is 14.6. The first-order chi connectivity index (χ1) is 21.7. The van der Waals surface area contributed by atoms with Gasteiger partial charge >= 0.3 is 18.6 Å². The van der Waals surface area contributed by atoms with Crippen LogP contribution in [0.25, 0.3) is 11.4 Å². The van der Waals surface area contributed by atoms with E-state index in [2.05, 4.69) is 0 Å². The van der Waals surface area contributed by atoms with E-state index >= 15 is 0 Å². The van der Waals surface area contributed by atoms with Crippen molar-refractivity contribution in [2.45, 2.75) is 63.7 Å². The first-order valence-corrected chi connectivity index (χ1v) is 19.4. The second-order valence-corrected chi connectivity index (χ2v) is 15.2. The van der Waals surface area contributed by atoms with Gasteiger partial charge in [0.25, 0.3) is 0 Å². The van der Waals surface area contributed by atoms with Crippen LogP contribution in [0.15, 0.2) is 73.1 Å². The Morgan fingerprint density at radius 2 is 0.956 bits per heavy atom. The average Bonchev–Trinajstić information content (AvgIpc) is 3.04. The summed E-state index contributed by atoms with van der Waals surface area (Å²) in [7, 11) is -4.24. The van der Waals surface area contributed by atoms with Crippen molar-refractivity contribution in [1.29, 1.82) is 0 Å². The summed E-state index contributed by atoms with van der Waals surface area (Å²) >= 11 is 21.7. The molecule has 0 fully saturated rings. The van der Waals surface area contributed by atoms with Gasteiger partial charge in [-0.2, -0.15) is 0 Å². The number of para-hydroxylation sites is 2. The zero-order valence-electron chi connectivity index (χ0n) is 24.5. The van der Waals surface area contributed by atoms with Gasteiger partial charge in [0.05, 0.1) is 12.4 Å². The molecule has 4 rings (SSSR count). The van der Waals surface area contributed by atoms with E-state index in [9.17, 15) is 18.4 Å². The van der Waals surface area contributed by atoms with Gasteiger partial charge in [-0.15, -0.1) is 0 Å². The second-order valence-electron chi connectivity index (χ2n) is 10.4. The number of nitrogens with zero attached hydrogens (tertiary/aromatic N) is 4. The van der Waals surface area contributed by atoms with Crippen molar-refractivity contribution in [2.24, 2.45) is 0 Å². The Morgan fingerprint density at radius 3 is 1.33 bits per heavy atom. The van der Waals surface area contributed by atoms with Crippen molar-refractivity contribution in [1.82, 2.24) is 18.3 Å². The standard InChI is InChI=1S/C30H34F2N4O3S4Si2/c31-25-21-35(23-13-5-1-6-14-23)29(42)33(27(25)40)17-9-3-11-19-44(37)39-45(38)20-12-4-10-18-34-28(41)26(32)22-36(30(34)43)24-15-7-2-8-16-24/h1-2,5-8,13-16,21-22,37-38H,3-4,9-12,17-20H2. The molecular formula is C30H34F2N4O3S4Si2. The molecule has 0 spiro atoms. The summed E-state index contributed by atoms with van der Waals surface area (Å²) in [6.07, 6.45) is 6.98. The number of aromatic nitrogens is 4. The summed E-state index contributed by atoms with van der Waals surface area (Å²) in [6.45, 7) is 0.928. The predicted molar refractivity (Wildman–Crippen MR) is 185 cm³/mol. The van der Waals surface area contributed by atoms with E-state index in [-0.39, 0.29) is 9.28 Å². The largest absolute Gasteiger partial charge is 0.413 e. The van der Waals surface area contributed by atoms with Crippen molar-refractivity contribution < 1.29 is 22.5 Å². The van der Waals surface area contributed by atoms with Crippen LogP contribution in [0.1, 0.15) is 38.5 Å². The van der Waals surface area contributed by atoms with Gasteiger partial charge in [-0.25, -0.2) is 8.78 Å². The van der Waals surface area contributed by atoms with Crippen molar-refractivity contribution in [3.8, 4) is 11.4 Å². The van der Waals surface area contributed by atoms with Gasteiger partial charge in [-0.1, -0.05) is 86.5 Å². The molecule has 0 atom stereocenters. The van der Waals surface area contributed by atoms with Crippen molar-refractivity contribution in [3.05, 3.63) is 104 Å². The molecule has 0 unspecified atom stereocenters. The lowest BCUT2D eigenvalue weighted by atomic mass is 10.2. The highest BCUT2D eigenvalue weighted by atomic mass is 32.1. The van der Waals surface area contributed by atoms with Crippen LogP contribution in [0.2, 0.25) is 12.1 Å². The Hall–Kier alpha value is -2.35. The van der Waals surface area contributed by atoms with Gasteiger partial charge in [0, 0.05) is 24.5 Å². The third-order valence-corrected chi connectivity index (χ3v) is 12.2. The van der Waals surface area contributed by atoms with E-state index in [1.54, 1.807) is 18.3 Å². The van der Waals surface area contributed by atoms with E-state index < -0.39 is 30.2 Å². The number of unbranched alkanes of at least 4 members (excludes halogenated alkanes) is 4. The molecule has 2 N–H and O–H groups in total. The maximum absolute atomic E-state index is 14.6. The molecule has 0 aliphatic heterocycles. The molecule has 0 saturated heterocycles. The lowest BCUT2D eigenvalue weighted by molar-refractivity contribution is 0.349. The molecule has 4 aromatic rings. The number of hydrogen-bond donors (Lipinski definition) is 2. The Bertz CT molecular complexity index is 1670. The van der Waals surface area contributed by atoms with Crippen LogP contribution in [0.4, 0.5) is 8.78 Å². The molecule has 2 aromatic carbocycles. The molecule has 0 saturated carbocycles. The van der Waals surface area contributed by atoms with Crippen molar-refractivity contribution in [3.63, 3.8) is 0 Å². The zero-order chi connectivity index (χ0) is 32.3. The molecule has 2 radical (unpaired) electrons. The quantitative estimate of drug-likeness (QED) is 0.0689. The van der Waals surface area contributed by atoms with Crippen LogP contribution in [-0.4, -0.2) is 46.4 Å². The second kappa shape index (κ2) is 17.5. The van der Waals surface area contributed by atoms with Crippen LogP contribution in [0, 0.1) is 30.5 Å². The summed E-state index contributed by atoms with van der Waals surface area (Å²) in [6, 6.07) is 19.6. The van der Waals surface area contributed by atoms with Crippen LogP contribution >= 0.6 is 48.9 Å². The molecular weight excluding hydrogens is 687 g/mol. The lowest BCUT2D eigenvalue weighted by Gasteiger charge is -2.15. The summed E-state index contributed by atoms with van der Waals surface area (Å²) < 4.78 is 42.1. The summed E-state index contributed by atoms with van der Waals surface area (Å²) in [5, 5.41) is 0. The smallest absolute Gasteiger partial charge is 0.372 e. The molecule has 238 valence electrons. The number of halogens is 2. The van der Waals surface area contributed by atoms with E-state index in [1.807, 2.05) is 60.7 Å². The highest BCUT2D eigenvalue weighted by Gasteiger charge is 2.19. The summed E-state index contributed by atoms with van der Waals surface area (Å²) in [5.74, 6) is -1.01. The first-order valence-electron chi connectivity index (χ1n) is 14.6. The third-order valence-electron chi connectivity index (χ3n) is 7.11. The van der Waals surface area contributed by atoms with Gasteiger partial charge in [0.2, 0.25) is 0 Å². The number of hydrogen-bond acceptors (Lipinski definition) is 7. The van der Waals surface area contributed by atoms with E-state index in [0.29, 0.717) is 60.4 Å². The minimum atomic E-state index is -2.12. The van der Waals surface area contributed by atoms with Crippen molar-refractivity contribution >= 4 is 67.4 Å². The molecule has 45 heavy (non-hydrogen) atoms. The molecule has 0 bridgehead atoms. The van der Waals surface area contributed by atoms with Gasteiger partial charge in [0.15, 0.2) is 21.2 Å². The van der Waals surface area contributed by atoms with Gasteiger partial charge < -0.3 is 22.8 Å². The monoisotopic (exact) mass is 720 g/mol. The van der Waals surface area contributed by atoms with E-state index in [0.717, 1.165) is 24.2 Å². The molecule has 0 amide bonds. The zero-order valence-corrected chi connectivity index (χ0v) is 29.7. The SMILES string of the molecule is O[Si](CCCCCn1c(=S)c(F)cn(-c2ccccc2)c1=S)O[Si](O)CCCCCn1c(=S)c(F)cn(-c2ccccc2)c1=S. The Balaban J connectivity index is 1.16. The van der Waals surface area contributed by atoms with E-state index in [4.69, 9.17) is 53.0 Å². The Morgan fingerprint density at radius 1 is 0.578 bits per heavy atom. The normalized spacial score (nSPS) is 11.5. The topological polar surface area (TPSA) is 69.4 Å². The molecule has 2 heterocycles. The molecule has 7 nitrogen and oxygen atoms in total. The highest BCUT2D eigenvalue weighted by Crippen LogP contribution is 2.16. The minimum Gasteiger partial charge on any atom is -0.413 e. The van der Waals surface area contributed by atoms with Crippen LogP contribution < -0.4 is 0 Å². The first kappa shape index (κ1) is 35.5. The molecule has 0 aliphatic rings. The Kier molecular flexibility index (Phi) is 13.8. The average molecular weight is 721 g/mol. The highest BCUT2D eigenvalue weighted by molar-refractivity contribution is 7.72. The fourth-order valence-corrected chi connectivity index (χ4v) is 9.03. The molecule has 2 aromatic heterocycles. The van der Waals surface area contributed by atoms with Crippen LogP contribution in [0.3, 0.4) is 0 Å². The van der Waals surface area contributed by atoms with Gasteiger partial charge in [-0.3, -0.25) is 9.13 Å². The summed E-state index contributed by atoms with van der Waals surface area (Å²) in [4.78, 5) is 20.7. The lowest BCUT2D eigenvalue weighted by Crippen LogP contribution is -2.29. The fraction of sp³-hybridized carbons (Fsp3) is 0.333. The van der Waals surface area contributed by atoms with Gasteiger partial charge in [-0.05, 0) is 73.6 Å². The maximum Gasteiger partial charge on any atom is 0.372 e.